The van der Waals surface area contributed by atoms with Crippen molar-refractivity contribution >= 4 is 5.69 Å². The van der Waals surface area contributed by atoms with E-state index in [0.29, 0.717) is 11.3 Å². The van der Waals surface area contributed by atoms with Crippen molar-refractivity contribution in [1.82, 2.24) is 5.32 Å². The molecule has 0 aliphatic carbocycles. The van der Waals surface area contributed by atoms with Gasteiger partial charge in [-0.2, -0.15) is 13.2 Å². The third kappa shape index (κ3) is 5.00. The van der Waals surface area contributed by atoms with E-state index >= 15 is 0 Å². The van der Waals surface area contributed by atoms with E-state index in [1.807, 2.05) is 13.8 Å². The summed E-state index contributed by atoms with van der Waals surface area (Å²) in [5.41, 5.74) is 0.921. The van der Waals surface area contributed by atoms with Crippen molar-refractivity contribution < 1.29 is 17.6 Å². The van der Waals surface area contributed by atoms with Gasteiger partial charge >= 0.3 is 6.18 Å². The van der Waals surface area contributed by atoms with E-state index in [9.17, 15) is 17.6 Å². The molecule has 1 aromatic rings. The highest BCUT2D eigenvalue weighted by molar-refractivity contribution is 5.54. The average Bonchev–Trinajstić information content (AvgIpc) is 2.33. The Morgan fingerprint density at radius 3 is 2.50 bits per heavy atom. The molecule has 0 radical (unpaired) electrons. The molecule has 1 rings (SSSR count). The molecule has 0 bridgehead atoms. The van der Waals surface area contributed by atoms with Crippen molar-refractivity contribution in [2.24, 2.45) is 0 Å². The van der Waals surface area contributed by atoms with Crippen LogP contribution in [0, 0.1) is 5.82 Å². The number of hydrogen-bond donors (Lipinski definition) is 1. The number of nitrogens with zero attached hydrogens (tertiary/aromatic N) is 1. The molecule has 0 amide bonds. The summed E-state index contributed by atoms with van der Waals surface area (Å²) in [7, 11) is 1.36. The normalized spacial score (nSPS) is 13.3. The van der Waals surface area contributed by atoms with E-state index in [1.165, 1.54) is 25.2 Å². The Morgan fingerprint density at radius 1 is 1.30 bits per heavy atom. The summed E-state index contributed by atoms with van der Waals surface area (Å²) in [6, 6.07) is 3.64. The van der Waals surface area contributed by atoms with E-state index < -0.39 is 18.5 Å². The number of nitrogens with one attached hydrogen (secondary N) is 1. The first kappa shape index (κ1) is 16.8. The molecule has 0 heterocycles. The lowest BCUT2D eigenvalue weighted by molar-refractivity contribution is -0.119. The van der Waals surface area contributed by atoms with Crippen LogP contribution in [0.25, 0.3) is 0 Å². The van der Waals surface area contributed by atoms with E-state index in [0.717, 1.165) is 17.9 Å². The molecule has 20 heavy (non-hydrogen) atoms. The summed E-state index contributed by atoms with van der Waals surface area (Å²) >= 11 is 0. The number of benzene rings is 1. The topological polar surface area (TPSA) is 15.3 Å². The number of rotatable bonds is 6. The molecule has 0 aliphatic heterocycles. The van der Waals surface area contributed by atoms with Crippen molar-refractivity contribution in [3.8, 4) is 0 Å². The maximum atomic E-state index is 13.4. The Kier molecular flexibility index (Phi) is 5.80. The highest BCUT2D eigenvalue weighted by Gasteiger charge is 2.30. The lowest BCUT2D eigenvalue weighted by atomic mass is 10.0. The van der Waals surface area contributed by atoms with Crippen molar-refractivity contribution in [2.75, 3.05) is 25.0 Å². The largest absolute Gasteiger partial charge is 0.405 e. The molecule has 2 nitrogen and oxygen atoms in total. The van der Waals surface area contributed by atoms with E-state index in [2.05, 4.69) is 5.32 Å². The number of anilines is 1. The monoisotopic (exact) mass is 292 g/mol. The van der Waals surface area contributed by atoms with Gasteiger partial charge in [-0.1, -0.05) is 6.92 Å². The summed E-state index contributed by atoms with van der Waals surface area (Å²) in [5, 5.41) is 3.16. The van der Waals surface area contributed by atoms with Gasteiger partial charge in [0.05, 0.1) is 0 Å². The Bertz CT molecular complexity index is 432. The fourth-order valence-electron chi connectivity index (χ4n) is 2.04. The smallest absolute Gasteiger partial charge is 0.365 e. The van der Waals surface area contributed by atoms with Crippen LogP contribution in [-0.4, -0.2) is 26.3 Å². The number of halogens is 4. The second kappa shape index (κ2) is 6.92. The van der Waals surface area contributed by atoms with Crippen LogP contribution in [0.3, 0.4) is 0 Å². The highest BCUT2D eigenvalue weighted by Crippen LogP contribution is 2.29. The minimum absolute atomic E-state index is 0.212. The highest BCUT2D eigenvalue weighted by atomic mass is 19.4. The first-order chi connectivity index (χ1) is 9.24. The maximum Gasteiger partial charge on any atom is 0.405 e. The zero-order chi connectivity index (χ0) is 15.3. The Labute approximate surface area is 116 Å². The Hall–Kier alpha value is -1.30. The van der Waals surface area contributed by atoms with Crippen LogP contribution < -0.4 is 10.2 Å². The van der Waals surface area contributed by atoms with Crippen molar-refractivity contribution in [1.29, 1.82) is 0 Å². The predicted octanol–water partition coefficient (Wildman–Crippen LogP) is 3.88. The lowest BCUT2D eigenvalue weighted by Gasteiger charge is -2.26. The number of hydrogen-bond acceptors (Lipinski definition) is 2. The van der Waals surface area contributed by atoms with Gasteiger partial charge in [0.1, 0.15) is 12.4 Å². The first-order valence-electron chi connectivity index (χ1n) is 6.55. The van der Waals surface area contributed by atoms with E-state index in [1.54, 1.807) is 0 Å². The SMILES string of the molecule is CCCNC(C)c1cc(F)ccc1N(C)CC(F)(F)F. The fraction of sp³-hybridized carbons (Fsp3) is 0.571. The van der Waals surface area contributed by atoms with Crippen molar-refractivity contribution in [3.05, 3.63) is 29.6 Å². The Balaban J connectivity index is 3.00. The van der Waals surface area contributed by atoms with Crippen LogP contribution in [-0.2, 0) is 0 Å². The lowest BCUT2D eigenvalue weighted by Crippen LogP contribution is -2.32. The molecule has 1 N–H and O–H groups in total. The Morgan fingerprint density at radius 2 is 1.95 bits per heavy atom. The van der Waals surface area contributed by atoms with Gasteiger partial charge in [0, 0.05) is 18.8 Å². The van der Waals surface area contributed by atoms with Crippen molar-refractivity contribution in [3.63, 3.8) is 0 Å². The van der Waals surface area contributed by atoms with Crippen LogP contribution in [0.5, 0.6) is 0 Å². The van der Waals surface area contributed by atoms with Gasteiger partial charge in [0.2, 0.25) is 0 Å². The summed E-state index contributed by atoms with van der Waals surface area (Å²) < 4.78 is 50.8. The molecule has 6 heteroatoms. The first-order valence-corrected chi connectivity index (χ1v) is 6.55. The molecule has 1 unspecified atom stereocenters. The predicted molar refractivity (Wildman–Crippen MR) is 72.4 cm³/mol. The zero-order valence-electron chi connectivity index (χ0n) is 11.9. The summed E-state index contributed by atoms with van der Waals surface area (Å²) in [6.45, 7) is 3.46. The quantitative estimate of drug-likeness (QED) is 0.800. The van der Waals surface area contributed by atoms with E-state index in [4.69, 9.17) is 0 Å². The van der Waals surface area contributed by atoms with Crippen LogP contribution in [0.15, 0.2) is 18.2 Å². The summed E-state index contributed by atoms with van der Waals surface area (Å²) in [4.78, 5) is 1.10. The summed E-state index contributed by atoms with van der Waals surface area (Å²) in [6.07, 6.45) is -3.39. The molecule has 0 saturated carbocycles. The van der Waals surface area contributed by atoms with Gasteiger partial charge in [-0.15, -0.1) is 0 Å². The van der Waals surface area contributed by atoms with E-state index in [-0.39, 0.29) is 6.04 Å². The van der Waals surface area contributed by atoms with Crippen molar-refractivity contribution in [2.45, 2.75) is 32.5 Å². The van der Waals surface area contributed by atoms with Gasteiger partial charge in [0.25, 0.3) is 0 Å². The maximum absolute atomic E-state index is 13.4. The van der Waals surface area contributed by atoms with Gasteiger partial charge < -0.3 is 10.2 Å². The molecule has 1 aromatic carbocycles. The molecule has 0 fully saturated rings. The molecule has 1 atom stereocenters. The standard InChI is InChI=1S/C14H20F4N2/c1-4-7-19-10(2)12-8-11(15)5-6-13(12)20(3)9-14(16,17)18/h5-6,8,10,19H,4,7,9H2,1-3H3. The second-order valence-corrected chi connectivity index (χ2v) is 4.85. The third-order valence-electron chi connectivity index (χ3n) is 2.98. The minimum Gasteiger partial charge on any atom is -0.365 e. The van der Waals surface area contributed by atoms with Gasteiger partial charge in [0.15, 0.2) is 0 Å². The molecule has 0 saturated heterocycles. The van der Waals surface area contributed by atoms with Crippen LogP contribution in [0.4, 0.5) is 23.2 Å². The molecule has 0 aliphatic rings. The molecular weight excluding hydrogens is 272 g/mol. The number of alkyl halides is 3. The fourth-order valence-corrected chi connectivity index (χ4v) is 2.04. The van der Waals surface area contributed by atoms with Crippen LogP contribution in [0.1, 0.15) is 31.9 Å². The van der Waals surface area contributed by atoms with Crippen LogP contribution >= 0.6 is 0 Å². The molecular formula is C14H20F4N2. The molecule has 114 valence electrons. The van der Waals surface area contributed by atoms with Gasteiger partial charge in [-0.05, 0) is 43.7 Å². The van der Waals surface area contributed by atoms with Crippen LogP contribution in [0.2, 0.25) is 0 Å². The van der Waals surface area contributed by atoms with Gasteiger partial charge in [-0.25, -0.2) is 4.39 Å². The minimum atomic E-state index is -4.29. The van der Waals surface area contributed by atoms with Gasteiger partial charge in [-0.3, -0.25) is 0 Å². The molecule has 0 aromatic heterocycles. The average molecular weight is 292 g/mol. The molecule has 0 spiro atoms. The zero-order valence-corrected chi connectivity index (χ0v) is 11.9. The third-order valence-corrected chi connectivity index (χ3v) is 2.98. The summed E-state index contributed by atoms with van der Waals surface area (Å²) in [5.74, 6) is -0.450. The second-order valence-electron chi connectivity index (χ2n) is 4.85.